The van der Waals surface area contributed by atoms with Crippen molar-refractivity contribution in [2.24, 2.45) is 9.98 Å². The van der Waals surface area contributed by atoms with Crippen LogP contribution >= 0.6 is 0 Å². The summed E-state index contributed by atoms with van der Waals surface area (Å²) < 4.78 is 8.95. The monoisotopic (exact) mass is 490 g/mol. The lowest BCUT2D eigenvalue weighted by molar-refractivity contribution is 0.232. The van der Waals surface area contributed by atoms with Crippen LogP contribution in [-0.2, 0) is 12.8 Å². The summed E-state index contributed by atoms with van der Waals surface area (Å²) in [6.45, 7) is 0. The van der Waals surface area contributed by atoms with E-state index in [-0.39, 0.29) is 46.8 Å². The van der Waals surface area contributed by atoms with Gasteiger partial charge in [-0.15, -0.1) is 0 Å². The van der Waals surface area contributed by atoms with Gasteiger partial charge in [0.05, 0.1) is 12.1 Å². The summed E-state index contributed by atoms with van der Waals surface area (Å²) in [5.41, 5.74) is 20.3. The van der Waals surface area contributed by atoms with Crippen LogP contribution in [0.25, 0.3) is 0 Å². The van der Waals surface area contributed by atoms with Crippen LogP contribution in [0.2, 0.25) is 0 Å². The van der Waals surface area contributed by atoms with E-state index in [1.54, 1.807) is 0 Å². The van der Waals surface area contributed by atoms with E-state index in [2.05, 4.69) is 52.0 Å². The van der Waals surface area contributed by atoms with E-state index in [9.17, 15) is 0 Å². The van der Waals surface area contributed by atoms with Crippen LogP contribution in [0.5, 0.6) is 0 Å². The highest BCUT2D eigenvalue weighted by Gasteiger charge is 2.27. The molecule has 0 radical (unpaired) electrons. The van der Waals surface area contributed by atoms with Crippen molar-refractivity contribution >= 4 is 23.3 Å². The Bertz CT molecular complexity index is 1320. The first-order chi connectivity index (χ1) is 17.6. The Morgan fingerprint density at radius 3 is 1.47 bits per heavy atom. The topological polar surface area (TPSA) is 219 Å². The molecule has 2 aromatic heterocycles. The number of nitrogens with zero attached hydrogens (tertiary/aromatic N) is 6. The first-order valence-electron chi connectivity index (χ1n) is 10.9. The maximum atomic E-state index is 9.09. The number of rotatable bonds is 4. The van der Waals surface area contributed by atoms with Gasteiger partial charge in [0.2, 0.25) is 0 Å². The molecule has 6 rings (SSSR count). The quantitative estimate of drug-likeness (QED) is 0.136. The molecule has 0 unspecified atom stereocenters. The minimum Gasteiger partial charge on any atom is -0.379 e. The second-order valence-electron chi connectivity index (χ2n) is 8.01. The summed E-state index contributed by atoms with van der Waals surface area (Å²) in [5, 5.41) is 32.2. The van der Waals surface area contributed by atoms with Crippen LogP contribution in [0, 0.1) is 0 Å². The molecule has 0 bridgehead atoms. The van der Waals surface area contributed by atoms with Gasteiger partial charge in [0.15, 0.2) is 34.7 Å². The fourth-order valence-electron chi connectivity index (χ4n) is 4.01. The number of aromatic nitrogens is 4. The standard InChI is InChI=1S/2C11H11N5O2/c2*12-10-9(15-18-16-10)11(14-17)13-8-5-6-3-1-2-4-7(6)8/h2*1-4,8,17H,5H2,(H2,12,16)(H,13,14)/t2*8-/m10/s1. The van der Waals surface area contributed by atoms with Gasteiger partial charge in [0, 0.05) is 0 Å². The molecule has 14 heteroatoms. The summed E-state index contributed by atoms with van der Waals surface area (Å²) in [5.74, 6) is 0.493. The molecule has 14 nitrogen and oxygen atoms in total. The average molecular weight is 490 g/mol. The predicted octanol–water partition coefficient (Wildman–Crippen LogP) is 1.35. The first kappa shape index (κ1) is 22.9. The van der Waals surface area contributed by atoms with Gasteiger partial charge >= 0.3 is 0 Å². The molecule has 36 heavy (non-hydrogen) atoms. The maximum Gasteiger partial charge on any atom is 0.199 e. The number of anilines is 2. The molecule has 4 aromatic rings. The Morgan fingerprint density at radius 2 is 1.14 bits per heavy atom. The third-order valence-electron chi connectivity index (χ3n) is 5.91. The lowest BCUT2D eigenvalue weighted by Gasteiger charge is -2.27. The molecule has 0 amide bonds. The van der Waals surface area contributed by atoms with Crippen LogP contribution < -0.4 is 22.4 Å². The van der Waals surface area contributed by atoms with E-state index in [4.69, 9.17) is 21.9 Å². The summed E-state index contributed by atoms with van der Waals surface area (Å²) in [7, 11) is 0. The number of nitrogen functional groups attached to an aromatic ring is 2. The molecule has 2 aromatic carbocycles. The van der Waals surface area contributed by atoms with Crippen LogP contribution in [-0.4, -0.2) is 42.7 Å². The van der Waals surface area contributed by atoms with Crippen molar-refractivity contribution in [1.29, 1.82) is 0 Å². The van der Waals surface area contributed by atoms with Crippen molar-refractivity contribution in [3.05, 3.63) is 82.2 Å². The Morgan fingerprint density at radius 1 is 0.722 bits per heavy atom. The van der Waals surface area contributed by atoms with E-state index in [1.807, 2.05) is 47.4 Å². The Hall–Kier alpha value is -4.82. The van der Waals surface area contributed by atoms with Crippen LogP contribution in [0.4, 0.5) is 11.6 Å². The number of fused-ring (bicyclic) bond motifs is 2. The molecular weight excluding hydrogens is 468 g/mol. The number of hydroxylamine groups is 2. The zero-order chi connectivity index (χ0) is 25.1. The molecule has 0 aliphatic heterocycles. The Kier molecular flexibility index (Phi) is 6.25. The van der Waals surface area contributed by atoms with Crippen LogP contribution in [0.1, 0.15) is 45.7 Å². The molecule has 2 heterocycles. The highest BCUT2D eigenvalue weighted by molar-refractivity contribution is 6.00. The maximum absolute atomic E-state index is 9.09. The Balaban J connectivity index is 0.000000148. The largest absolute Gasteiger partial charge is 0.379 e. The highest BCUT2D eigenvalue weighted by atomic mass is 16.6. The first-order valence-corrected chi connectivity index (χ1v) is 10.9. The van der Waals surface area contributed by atoms with Crippen molar-refractivity contribution in [3.63, 3.8) is 0 Å². The zero-order valence-corrected chi connectivity index (χ0v) is 18.7. The molecule has 2 aliphatic carbocycles. The van der Waals surface area contributed by atoms with Crippen molar-refractivity contribution in [3.8, 4) is 0 Å². The number of amidine groups is 2. The third-order valence-corrected chi connectivity index (χ3v) is 5.91. The van der Waals surface area contributed by atoms with Gasteiger partial charge in [-0.1, -0.05) is 48.5 Å². The number of nitrogens with two attached hydrogens (primary N) is 2. The van der Waals surface area contributed by atoms with Crippen molar-refractivity contribution in [1.82, 2.24) is 31.6 Å². The molecule has 0 spiro atoms. The van der Waals surface area contributed by atoms with Crippen LogP contribution in [0.15, 0.2) is 67.8 Å². The summed E-state index contributed by atoms with van der Waals surface area (Å²) in [6, 6.07) is 16.0. The molecule has 2 atom stereocenters. The molecule has 0 fully saturated rings. The highest BCUT2D eigenvalue weighted by Crippen LogP contribution is 2.37. The van der Waals surface area contributed by atoms with Gasteiger partial charge in [0.25, 0.3) is 0 Å². The average Bonchev–Trinajstić information content (AvgIpc) is 3.49. The zero-order valence-electron chi connectivity index (χ0n) is 18.7. The second-order valence-corrected chi connectivity index (χ2v) is 8.01. The van der Waals surface area contributed by atoms with Crippen LogP contribution in [0.3, 0.4) is 0 Å². The molecular formula is C22H22N10O4. The molecule has 0 saturated heterocycles. The molecule has 0 saturated carbocycles. The van der Waals surface area contributed by atoms with E-state index in [0.717, 1.165) is 24.0 Å². The summed E-state index contributed by atoms with van der Waals surface area (Å²) in [6.07, 6.45) is 1.65. The molecule has 8 N–H and O–H groups in total. The SMILES string of the molecule is Nc1nonc1C(=N[C@@H]1Cc2ccccc21)NO.Nc1nonc1C(=N[C@H]1Cc2ccccc21)NO. The minimum atomic E-state index is -0.00745. The van der Waals surface area contributed by atoms with Gasteiger partial charge in [-0.25, -0.2) is 9.26 Å². The summed E-state index contributed by atoms with van der Waals surface area (Å²) >= 11 is 0. The lowest BCUT2D eigenvalue weighted by atomic mass is 9.84. The number of benzene rings is 2. The number of nitrogens with one attached hydrogen (secondary N) is 2. The normalized spacial score (nSPS) is 18.1. The third kappa shape index (κ3) is 4.33. The summed E-state index contributed by atoms with van der Waals surface area (Å²) in [4.78, 5) is 8.72. The Labute approximate surface area is 203 Å². The van der Waals surface area contributed by atoms with Gasteiger partial charge in [-0.2, -0.15) is 0 Å². The van der Waals surface area contributed by atoms with E-state index >= 15 is 0 Å². The van der Waals surface area contributed by atoms with Crippen molar-refractivity contribution in [2.75, 3.05) is 11.5 Å². The van der Waals surface area contributed by atoms with Crippen molar-refractivity contribution < 1.29 is 19.7 Å². The fourth-order valence-corrected chi connectivity index (χ4v) is 4.01. The van der Waals surface area contributed by atoms with Gasteiger partial charge in [-0.3, -0.25) is 31.4 Å². The van der Waals surface area contributed by atoms with Crippen molar-refractivity contribution in [2.45, 2.75) is 24.9 Å². The number of hydrogen-bond donors (Lipinski definition) is 6. The predicted molar refractivity (Wildman–Crippen MR) is 126 cm³/mol. The van der Waals surface area contributed by atoms with E-state index in [1.165, 1.54) is 11.1 Å². The molecule has 2 aliphatic rings. The number of hydrogen-bond acceptors (Lipinski definition) is 12. The fraction of sp³-hybridized carbons (Fsp3) is 0.182. The van der Waals surface area contributed by atoms with E-state index in [0.29, 0.717) is 0 Å². The van der Waals surface area contributed by atoms with Gasteiger partial charge in [-0.05, 0) is 55.7 Å². The smallest absolute Gasteiger partial charge is 0.199 e. The lowest BCUT2D eigenvalue weighted by Crippen LogP contribution is -2.25. The second kappa shape index (κ2) is 9.81. The van der Waals surface area contributed by atoms with E-state index < -0.39 is 0 Å². The minimum absolute atomic E-state index is 0.00745. The molecule has 184 valence electrons. The number of aliphatic imine (C=N–C) groups is 2. The van der Waals surface area contributed by atoms with Gasteiger partial charge in [0.1, 0.15) is 0 Å². The van der Waals surface area contributed by atoms with Gasteiger partial charge < -0.3 is 11.5 Å².